The Morgan fingerprint density at radius 2 is 2.24 bits per heavy atom. The molecule has 1 N–H and O–H groups in total. The normalized spacial score (nSPS) is 12.6. The van der Waals surface area contributed by atoms with Gasteiger partial charge in [0.05, 0.1) is 12.1 Å². The number of nitrogens with zero attached hydrogens (tertiary/aromatic N) is 2. The van der Waals surface area contributed by atoms with Crippen LogP contribution in [0.1, 0.15) is 31.3 Å². The minimum Gasteiger partial charge on any atom is -0.465 e. The zero-order valence-electron chi connectivity index (χ0n) is 10.2. The van der Waals surface area contributed by atoms with Gasteiger partial charge in [0.15, 0.2) is 5.65 Å². The van der Waals surface area contributed by atoms with Gasteiger partial charge in [0.1, 0.15) is 11.7 Å². The van der Waals surface area contributed by atoms with Crippen LogP contribution in [-0.2, 0) is 9.53 Å². The van der Waals surface area contributed by atoms with Crippen LogP contribution >= 0.6 is 0 Å². The molecule has 0 saturated heterocycles. The molecule has 1 unspecified atom stereocenters. The molecule has 1 atom stereocenters. The highest BCUT2D eigenvalue weighted by molar-refractivity contribution is 5.79. The average molecular weight is 233 g/mol. The lowest BCUT2D eigenvalue weighted by molar-refractivity contribution is -0.144. The molecule has 5 heteroatoms. The van der Waals surface area contributed by atoms with Crippen LogP contribution < -0.4 is 0 Å². The molecule has 90 valence electrons. The second kappa shape index (κ2) is 4.53. The summed E-state index contributed by atoms with van der Waals surface area (Å²) in [5, 5.41) is 0. The highest BCUT2D eigenvalue weighted by Gasteiger charge is 2.20. The Morgan fingerprint density at radius 3 is 2.94 bits per heavy atom. The maximum atomic E-state index is 11.6. The standard InChI is InChI=1S/C12H15N3O2/c1-4-17-12(16)8(3)10-14-9-6-5-7(2)13-11(9)15-10/h5-6,8H,4H2,1-3H3,(H,13,14,15). The van der Waals surface area contributed by atoms with Gasteiger partial charge in [0.2, 0.25) is 0 Å². The third-order valence-corrected chi connectivity index (χ3v) is 2.55. The number of fused-ring (bicyclic) bond motifs is 1. The number of aromatic amines is 1. The van der Waals surface area contributed by atoms with Gasteiger partial charge in [-0.05, 0) is 32.9 Å². The molecule has 0 bridgehead atoms. The van der Waals surface area contributed by atoms with E-state index in [0.29, 0.717) is 18.1 Å². The van der Waals surface area contributed by atoms with Crippen LogP contribution in [0.4, 0.5) is 0 Å². The van der Waals surface area contributed by atoms with E-state index in [2.05, 4.69) is 15.0 Å². The van der Waals surface area contributed by atoms with Gasteiger partial charge in [-0.15, -0.1) is 0 Å². The fraction of sp³-hybridized carbons (Fsp3) is 0.417. The highest BCUT2D eigenvalue weighted by Crippen LogP contribution is 2.17. The minimum absolute atomic E-state index is 0.275. The number of H-pyrrole nitrogens is 1. The van der Waals surface area contributed by atoms with Gasteiger partial charge in [0, 0.05) is 5.69 Å². The van der Waals surface area contributed by atoms with Crippen LogP contribution in [0, 0.1) is 6.92 Å². The summed E-state index contributed by atoms with van der Waals surface area (Å²) in [5.74, 6) is -0.0794. The van der Waals surface area contributed by atoms with Crippen molar-refractivity contribution in [3.63, 3.8) is 0 Å². The van der Waals surface area contributed by atoms with Crippen molar-refractivity contribution in [2.24, 2.45) is 0 Å². The average Bonchev–Trinajstić information content (AvgIpc) is 2.71. The predicted molar refractivity (Wildman–Crippen MR) is 63.7 cm³/mol. The molecule has 0 spiro atoms. The molecule has 0 radical (unpaired) electrons. The number of ether oxygens (including phenoxy) is 1. The first kappa shape index (κ1) is 11.6. The summed E-state index contributed by atoms with van der Waals surface area (Å²) in [6.07, 6.45) is 0. The number of aryl methyl sites for hydroxylation is 1. The molecule has 0 aliphatic rings. The van der Waals surface area contributed by atoms with Crippen molar-refractivity contribution in [1.82, 2.24) is 15.0 Å². The van der Waals surface area contributed by atoms with Crippen molar-refractivity contribution in [2.45, 2.75) is 26.7 Å². The van der Waals surface area contributed by atoms with Gasteiger partial charge < -0.3 is 9.72 Å². The zero-order valence-corrected chi connectivity index (χ0v) is 10.2. The summed E-state index contributed by atoms with van der Waals surface area (Å²) in [5.41, 5.74) is 2.37. The van der Waals surface area contributed by atoms with E-state index in [-0.39, 0.29) is 5.97 Å². The Bertz CT molecular complexity index is 548. The largest absolute Gasteiger partial charge is 0.465 e. The second-order valence-corrected chi connectivity index (χ2v) is 3.92. The number of imidazole rings is 1. The molecule has 5 nitrogen and oxygen atoms in total. The first-order chi connectivity index (χ1) is 8.11. The van der Waals surface area contributed by atoms with E-state index in [1.54, 1.807) is 13.8 Å². The minimum atomic E-state index is -0.399. The number of hydrogen-bond acceptors (Lipinski definition) is 4. The number of carbonyl (C=O) groups is 1. The number of rotatable bonds is 3. The van der Waals surface area contributed by atoms with E-state index >= 15 is 0 Å². The summed E-state index contributed by atoms with van der Waals surface area (Å²) in [6.45, 7) is 5.83. The van der Waals surface area contributed by atoms with Crippen LogP contribution in [0.5, 0.6) is 0 Å². The maximum absolute atomic E-state index is 11.6. The van der Waals surface area contributed by atoms with Crippen molar-refractivity contribution in [2.75, 3.05) is 6.61 Å². The second-order valence-electron chi connectivity index (χ2n) is 3.92. The smallest absolute Gasteiger partial charge is 0.316 e. The summed E-state index contributed by atoms with van der Waals surface area (Å²) in [7, 11) is 0. The number of esters is 1. The number of carbonyl (C=O) groups excluding carboxylic acids is 1. The highest BCUT2D eigenvalue weighted by atomic mass is 16.5. The van der Waals surface area contributed by atoms with Crippen molar-refractivity contribution >= 4 is 17.1 Å². The van der Waals surface area contributed by atoms with Crippen LogP contribution in [0.2, 0.25) is 0 Å². The monoisotopic (exact) mass is 233 g/mol. The molecule has 0 aliphatic carbocycles. The molecule has 0 fully saturated rings. The third kappa shape index (κ3) is 2.27. The molecule has 0 amide bonds. The molecule has 2 rings (SSSR count). The third-order valence-electron chi connectivity index (χ3n) is 2.55. The molecule has 17 heavy (non-hydrogen) atoms. The number of pyridine rings is 1. The predicted octanol–water partition coefficient (Wildman–Crippen LogP) is 1.93. The molecule has 0 aromatic carbocycles. The lowest BCUT2D eigenvalue weighted by Gasteiger charge is -2.06. The topological polar surface area (TPSA) is 67.9 Å². The SMILES string of the molecule is CCOC(=O)C(C)c1nc2nc(C)ccc2[nH]1. The van der Waals surface area contributed by atoms with Crippen molar-refractivity contribution in [3.05, 3.63) is 23.7 Å². The maximum Gasteiger partial charge on any atom is 0.316 e. The summed E-state index contributed by atoms with van der Waals surface area (Å²) in [6, 6.07) is 3.81. The zero-order chi connectivity index (χ0) is 12.4. The van der Waals surface area contributed by atoms with E-state index in [1.807, 2.05) is 19.1 Å². The molecule has 2 heterocycles. The Hall–Kier alpha value is -1.91. The van der Waals surface area contributed by atoms with Gasteiger partial charge in [-0.2, -0.15) is 0 Å². The Labute approximate surface area is 99.2 Å². The van der Waals surface area contributed by atoms with Gasteiger partial charge >= 0.3 is 5.97 Å². The van der Waals surface area contributed by atoms with E-state index in [9.17, 15) is 4.79 Å². The van der Waals surface area contributed by atoms with Crippen molar-refractivity contribution in [3.8, 4) is 0 Å². The lowest BCUT2D eigenvalue weighted by atomic mass is 10.2. The Morgan fingerprint density at radius 1 is 1.47 bits per heavy atom. The number of nitrogens with one attached hydrogen (secondary N) is 1. The van der Waals surface area contributed by atoms with E-state index < -0.39 is 5.92 Å². The van der Waals surface area contributed by atoms with Gasteiger partial charge in [-0.1, -0.05) is 0 Å². The molecule has 2 aromatic heterocycles. The van der Waals surface area contributed by atoms with Crippen molar-refractivity contribution < 1.29 is 9.53 Å². The van der Waals surface area contributed by atoms with E-state index in [4.69, 9.17) is 4.74 Å². The first-order valence-electron chi connectivity index (χ1n) is 5.61. The van der Waals surface area contributed by atoms with Crippen LogP contribution in [0.25, 0.3) is 11.2 Å². The van der Waals surface area contributed by atoms with E-state index in [1.165, 1.54) is 0 Å². The van der Waals surface area contributed by atoms with E-state index in [0.717, 1.165) is 11.2 Å². The lowest BCUT2D eigenvalue weighted by Crippen LogP contribution is -2.14. The molecule has 0 aliphatic heterocycles. The first-order valence-corrected chi connectivity index (χ1v) is 5.61. The fourth-order valence-corrected chi connectivity index (χ4v) is 1.59. The Kier molecular flexibility index (Phi) is 3.08. The summed E-state index contributed by atoms with van der Waals surface area (Å²) >= 11 is 0. The number of aromatic nitrogens is 3. The number of hydrogen-bond donors (Lipinski definition) is 1. The van der Waals surface area contributed by atoms with Crippen LogP contribution in [0.3, 0.4) is 0 Å². The van der Waals surface area contributed by atoms with Gasteiger partial charge in [-0.3, -0.25) is 4.79 Å². The quantitative estimate of drug-likeness (QED) is 0.822. The molecular formula is C12H15N3O2. The van der Waals surface area contributed by atoms with Crippen LogP contribution in [-0.4, -0.2) is 27.5 Å². The summed E-state index contributed by atoms with van der Waals surface area (Å²) < 4.78 is 4.96. The molecule has 2 aromatic rings. The Balaban J connectivity index is 2.33. The fourth-order valence-electron chi connectivity index (χ4n) is 1.59. The molecular weight excluding hydrogens is 218 g/mol. The van der Waals surface area contributed by atoms with Crippen molar-refractivity contribution in [1.29, 1.82) is 0 Å². The summed E-state index contributed by atoms with van der Waals surface area (Å²) in [4.78, 5) is 23.3. The van der Waals surface area contributed by atoms with Crippen LogP contribution in [0.15, 0.2) is 12.1 Å². The molecule has 0 saturated carbocycles. The van der Waals surface area contributed by atoms with Gasteiger partial charge in [-0.25, -0.2) is 9.97 Å². The van der Waals surface area contributed by atoms with Gasteiger partial charge in [0.25, 0.3) is 0 Å².